The number of benzene rings is 2. The Balaban J connectivity index is 1.72. The minimum Gasteiger partial charge on any atom is -0.495 e. The van der Waals surface area contributed by atoms with Crippen molar-refractivity contribution in [1.82, 2.24) is 0 Å². The fourth-order valence-corrected chi connectivity index (χ4v) is 7.96. The first-order valence-corrected chi connectivity index (χ1v) is 12.7. The fourth-order valence-electron chi connectivity index (χ4n) is 3.80. The molecule has 0 spiro atoms. The summed E-state index contributed by atoms with van der Waals surface area (Å²) in [4.78, 5) is 18.7. The van der Waals surface area contributed by atoms with Gasteiger partial charge in [-0.2, -0.15) is 4.99 Å². The highest BCUT2D eigenvalue weighted by Crippen LogP contribution is 2.46. The van der Waals surface area contributed by atoms with Gasteiger partial charge in [0.05, 0.1) is 48.9 Å². The van der Waals surface area contributed by atoms with Crippen LogP contribution in [-0.2, 0) is 21.1 Å². The maximum atomic E-state index is 13.1. The summed E-state index contributed by atoms with van der Waals surface area (Å²) in [6, 6.07) is 8.43. The van der Waals surface area contributed by atoms with Gasteiger partial charge in [-0.25, -0.2) is 12.8 Å². The number of rotatable bonds is 5. The smallest absolute Gasteiger partial charge is 0.252 e. The van der Waals surface area contributed by atoms with Crippen molar-refractivity contribution < 1.29 is 27.1 Å². The number of amides is 1. The molecule has 0 radical (unpaired) electrons. The summed E-state index contributed by atoms with van der Waals surface area (Å²) in [5.41, 5.74) is 1.13. The number of carbonyl (C=O) groups is 1. The van der Waals surface area contributed by atoms with E-state index >= 15 is 0 Å². The molecule has 2 aromatic rings. The molecule has 4 rings (SSSR count). The Morgan fingerprint density at radius 3 is 2.53 bits per heavy atom. The topological polar surface area (TPSA) is 85.3 Å². The number of thioether (sulfide) groups is 1. The van der Waals surface area contributed by atoms with E-state index < -0.39 is 21.8 Å². The largest absolute Gasteiger partial charge is 0.495 e. The second-order valence-corrected chi connectivity index (χ2v) is 11.2. The van der Waals surface area contributed by atoms with E-state index in [4.69, 9.17) is 21.1 Å². The number of ether oxygens (including phenoxy) is 2. The van der Waals surface area contributed by atoms with Crippen LogP contribution in [0.2, 0.25) is 5.02 Å². The standard InChI is InChI=1S/C21H20ClFN2O5S2/c1-29-17-9-18(30-2)15(8-14(17)22)25-16-10-32(27,28)11-19(16)31-21(25)24-20(26)7-12-3-5-13(23)6-4-12/h3-6,8-9,16,19H,7,10-11H2,1-2H3/t16-,19-/m0/s1. The van der Waals surface area contributed by atoms with Crippen LogP contribution in [0.4, 0.5) is 10.1 Å². The van der Waals surface area contributed by atoms with Gasteiger partial charge in [-0.05, 0) is 23.8 Å². The summed E-state index contributed by atoms with van der Waals surface area (Å²) < 4.78 is 48.5. The third kappa shape index (κ3) is 4.57. The predicted octanol–water partition coefficient (Wildman–Crippen LogP) is 3.34. The Bertz CT molecular complexity index is 1190. The Hall–Kier alpha value is -2.30. The second kappa shape index (κ2) is 8.92. The van der Waals surface area contributed by atoms with Crippen LogP contribution in [0.5, 0.6) is 11.5 Å². The first-order valence-electron chi connectivity index (χ1n) is 9.64. The van der Waals surface area contributed by atoms with Crippen molar-refractivity contribution in [2.24, 2.45) is 4.99 Å². The lowest BCUT2D eigenvalue weighted by atomic mass is 10.1. The molecule has 2 fully saturated rings. The molecule has 170 valence electrons. The second-order valence-electron chi connectivity index (χ2n) is 7.42. The van der Waals surface area contributed by atoms with Gasteiger partial charge < -0.3 is 14.4 Å². The molecule has 0 bridgehead atoms. The third-order valence-corrected chi connectivity index (χ3v) is 8.77. The highest BCUT2D eigenvalue weighted by Gasteiger charge is 2.50. The number of aliphatic imine (C=N–C) groups is 1. The molecule has 2 aromatic carbocycles. The van der Waals surface area contributed by atoms with Crippen molar-refractivity contribution in [3.05, 3.63) is 52.8 Å². The van der Waals surface area contributed by atoms with E-state index in [0.29, 0.717) is 32.9 Å². The highest BCUT2D eigenvalue weighted by molar-refractivity contribution is 8.16. The van der Waals surface area contributed by atoms with Gasteiger partial charge in [0.1, 0.15) is 17.3 Å². The molecule has 32 heavy (non-hydrogen) atoms. The number of nitrogens with zero attached hydrogens (tertiary/aromatic N) is 2. The van der Waals surface area contributed by atoms with Gasteiger partial charge in [0, 0.05) is 11.3 Å². The van der Waals surface area contributed by atoms with Crippen LogP contribution < -0.4 is 14.4 Å². The maximum Gasteiger partial charge on any atom is 0.252 e. The van der Waals surface area contributed by atoms with Crippen LogP contribution in [0.1, 0.15) is 5.56 Å². The van der Waals surface area contributed by atoms with Crippen molar-refractivity contribution in [2.75, 3.05) is 30.6 Å². The average Bonchev–Trinajstić information content (AvgIpc) is 3.20. The molecule has 2 aliphatic rings. The SMILES string of the molecule is COc1cc(OC)c(N2C(=NC(=O)Cc3ccc(F)cc3)S[C@H]3CS(=O)(=O)C[C@@H]32)cc1Cl. The van der Waals surface area contributed by atoms with E-state index in [9.17, 15) is 17.6 Å². The molecule has 11 heteroatoms. The van der Waals surface area contributed by atoms with E-state index in [1.165, 1.54) is 50.2 Å². The van der Waals surface area contributed by atoms with Crippen molar-refractivity contribution >= 4 is 50.0 Å². The van der Waals surface area contributed by atoms with E-state index in [1.54, 1.807) is 17.0 Å². The minimum atomic E-state index is -3.23. The third-order valence-electron chi connectivity index (χ3n) is 5.27. The molecule has 1 amide bonds. The normalized spacial score (nSPS) is 22.8. The lowest BCUT2D eigenvalue weighted by Gasteiger charge is -2.26. The number of sulfone groups is 1. The molecule has 0 aliphatic carbocycles. The Morgan fingerprint density at radius 2 is 1.88 bits per heavy atom. The van der Waals surface area contributed by atoms with Crippen LogP contribution in [0.25, 0.3) is 0 Å². The van der Waals surface area contributed by atoms with Crippen molar-refractivity contribution in [3.63, 3.8) is 0 Å². The number of fused-ring (bicyclic) bond motifs is 1. The number of halogens is 2. The van der Waals surface area contributed by atoms with Gasteiger partial charge in [0.15, 0.2) is 15.0 Å². The van der Waals surface area contributed by atoms with Gasteiger partial charge >= 0.3 is 0 Å². The molecule has 7 nitrogen and oxygen atoms in total. The minimum absolute atomic E-state index is 0.00376. The van der Waals surface area contributed by atoms with Crippen LogP contribution >= 0.6 is 23.4 Å². The van der Waals surface area contributed by atoms with Crippen molar-refractivity contribution in [1.29, 1.82) is 0 Å². The molecule has 0 unspecified atom stereocenters. The molecule has 0 saturated carbocycles. The molecule has 2 heterocycles. The van der Waals surface area contributed by atoms with Gasteiger partial charge in [0.25, 0.3) is 5.91 Å². The Morgan fingerprint density at radius 1 is 1.19 bits per heavy atom. The number of amidine groups is 1. The quantitative estimate of drug-likeness (QED) is 0.625. The van der Waals surface area contributed by atoms with E-state index in [-0.39, 0.29) is 29.0 Å². The highest BCUT2D eigenvalue weighted by atomic mass is 35.5. The van der Waals surface area contributed by atoms with Crippen LogP contribution in [0.3, 0.4) is 0 Å². The van der Waals surface area contributed by atoms with Gasteiger partial charge in [-0.1, -0.05) is 35.5 Å². The molecular formula is C21H20ClFN2O5S2. The number of hydrogen-bond acceptors (Lipinski definition) is 6. The number of carbonyl (C=O) groups excluding carboxylic acids is 1. The monoisotopic (exact) mass is 498 g/mol. The average molecular weight is 499 g/mol. The summed E-state index contributed by atoms with van der Waals surface area (Å²) in [6.45, 7) is 0. The molecule has 2 atom stereocenters. The molecule has 0 N–H and O–H groups in total. The van der Waals surface area contributed by atoms with Crippen LogP contribution in [-0.4, -0.2) is 56.5 Å². The summed E-state index contributed by atoms with van der Waals surface area (Å²) >= 11 is 7.59. The van der Waals surface area contributed by atoms with Gasteiger partial charge in [-0.3, -0.25) is 4.79 Å². The zero-order valence-electron chi connectivity index (χ0n) is 17.2. The van der Waals surface area contributed by atoms with E-state index in [1.807, 2.05) is 0 Å². The van der Waals surface area contributed by atoms with Crippen molar-refractivity contribution in [2.45, 2.75) is 17.7 Å². The van der Waals surface area contributed by atoms with Gasteiger partial charge in [-0.15, -0.1) is 0 Å². The molecule has 2 aliphatic heterocycles. The maximum absolute atomic E-state index is 13.1. The first-order chi connectivity index (χ1) is 15.2. The number of methoxy groups -OCH3 is 2. The lowest BCUT2D eigenvalue weighted by Crippen LogP contribution is -2.38. The van der Waals surface area contributed by atoms with Crippen LogP contribution in [0.15, 0.2) is 41.4 Å². The first kappa shape index (κ1) is 22.9. The number of hydrogen-bond donors (Lipinski definition) is 0. The van der Waals surface area contributed by atoms with E-state index in [0.717, 1.165) is 0 Å². The molecular weight excluding hydrogens is 479 g/mol. The molecule has 0 aromatic heterocycles. The summed E-state index contributed by atoms with van der Waals surface area (Å²) in [6.07, 6.45) is -0.00762. The zero-order valence-corrected chi connectivity index (χ0v) is 19.6. The fraction of sp³-hybridized carbons (Fsp3) is 0.333. The zero-order chi connectivity index (χ0) is 23.0. The van der Waals surface area contributed by atoms with Crippen LogP contribution in [0, 0.1) is 5.82 Å². The lowest BCUT2D eigenvalue weighted by molar-refractivity contribution is -0.117. The van der Waals surface area contributed by atoms with Crippen molar-refractivity contribution in [3.8, 4) is 11.5 Å². The summed E-state index contributed by atoms with van der Waals surface area (Å²) in [5.74, 6) is -0.0668. The Kier molecular flexibility index (Phi) is 6.37. The summed E-state index contributed by atoms with van der Waals surface area (Å²) in [7, 11) is -0.270. The van der Waals surface area contributed by atoms with Gasteiger partial charge in [0.2, 0.25) is 0 Å². The van der Waals surface area contributed by atoms with E-state index in [2.05, 4.69) is 4.99 Å². The number of anilines is 1. The molecule has 2 saturated heterocycles. The Labute approximate surface area is 194 Å². The summed E-state index contributed by atoms with van der Waals surface area (Å²) in [5, 5.41) is 0.416. The predicted molar refractivity (Wildman–Crippen MR) is 123 cm³/mol.